The molecule has 7 heteroatoms. The monoisotopic (exact) mass is 238 g/mol. The number of nitrogens with two attached hydrogens (primary N) is 1. The number of benzene rings is 1. The van der Waals surface area contributed by atoms with Gasteiger partial charge in [-0.05, 0) is 19.2 Å². The minimum atomic E-state index is -3.86. The molecule has 1 rings (SSSR count). The van der Waals surface area contributed by atoms with Crippen LogP contribution in [0.4, 0.5) is 10.1 Å². The summed E-state index contributed by atoms with van der Waals surface area (Å²) in [5.41, 5.74) is 5.42. The third-order valence-electron chi connectivity index (χ3n) is 1.58. The largest absolute Gasteiger partial charge is 0.399 e. The van der Waals surface area contributed by atoms with Crippen molar-refractivity contribution in [1.29, 1.82) is 0 Å². The Morgan fingerprint density at radius 1 is 1.50 bits per heavy atom. The summed E-state index contributed by atoms with van der Waals surface area (Å²) < 4.78 is 37.8. The molecule has 14 heavy (non-hydrogen) atoms. The Labute approximate surface area is 85.9 Å². The van der Waals surface area contributed by atoms with Crippen molar-refractivity contribution < 1.29 is 12.8 Å². The van der Waals surface area contributed by atoms with E-state index in [9.17, 15) is 12.8 Å². The number of halogens is 2. The summed E-state index contributed by atoms with van der Waals surface area (Å²) in [5, 5.41) is -0.321. The first-order chi connectivity index (χ1) is 6.38. The van der Waals surface area contributed by atoms with E-state index in [0.29, 0.717) is 0 Å². The van der Waals surface area contributed by atoms with E-state index in [1.807, 2.05) is 4.72 Å². The molecule has 0 atom stereocenters. The van der Waals surface area contributed by atoms with Crippen molar-refractivity contribution in [3.8, 4) is 0 Å². The Morgan fingerprint density at radius 3 is 2.57 bits per heavy atom. The molecule has 1 aromatic carbocycles. The molecule has 3 N–H and O–H groups in total. The van der Waals surface area contributed by atoms with Gasteiger partial charge in [-0.25, -0.2) is 17.5 Å². The van der Waals surface area contributed by atoms with Crippen LogP contribution in [-0.4, -0.2) is 15.5 Å². The molecule has 0 aliphatic carbocycles. The molecular formula is C7H8ClFN2O2S. The van der Waals surface area contributed by atoms with Gasteiger partial charge in [-0.15, -0.1) is 0 Å². The second-order valence-corrected chi connectivity index (χ2v) is 4.78. The lowest BCUT2D eigenvalue weighted by Gasteiger charge is -2.06. The molecule has 0 bridgehead atoms. The topological polar surface area (TPSA) is 72.2 Å². The van der Waals surface area contributed by atoms with Crippen molar-refractivity contribution in [2.24, 2.45) is 0 Å². The molecule has 78 valence electrons. The lowest BCUT2D eigenvalue weighted by molar-refractivity contribution is 0.562. The highest BCUT2D eigenvalue weighted by atomic mass is 35.5. The zero-order valence-electron chi connectivity index (χ0n) is 7.21. The van der Waals surface area contributed by atoms with Crippen molar-refractivity contribution in [1.82, 2.24) is 4.72 Å². The Bertz CT molecular complexity index is 461. The molecule has 0 radical (unpaired) electrons. The van der Waals surface area contributed by atoms with Crippen molar-refractivity contribution in [3.63, 3.8) is 0 Å². The number of sulfonamides is 1. The average molecular weight is 239 g/mol. The minimum Gasteiger partial charge on any atom is -0.399 e. The van der Waals surface area contributed by atoms with E-state index in [1.54, 1.807) is 0 Å². The number of nitrogen functional groups attached to an aromatic ring is 1. The molecule has 0 saturated heterocycles. The summed E-state index contributed by atoms with van der Waals surface area (Å²) in [5.74, 6) is -1.00. The SMILES string of the molecule is CNS(=O)(=O)c1cc(N)cc(Cl)c1F. The van der Waals surface area contributed by atoms with Crippen LogP contribution < -0.4 is 10.5 Å². The Balaban J connectivity index is 3.50. The van der Waals surface area contributed by atoms with Crippen molar-refractivity contribution >= 4 is 27.3 Å². The fourth-order valence-corrected chi connectivity index (χ4v) is 2.03. The van der Waals surface area contributed by atoms with Gasteiger partial charge in [0.25, 0.3) is 0 Å². The van der Waals surface area contributed by atoms with E-state index < -0.39 is 20.7 Å². The van der Waals surface area contributed by atoms with Gasteiger partial charge in [0, 0.05) is 5.69 Å². The highest BCUT2D eigenvalue weighted by Gasteiger charge is 2.19. The fourth-order valence-electron chi connectivity index (χ4n) is 0.889. The molecule has 0 heterocycles. The number of hydrogen-bond acceptors (Lipinski definition) is 3. The lowest BCUT2D eigenvalue weighted by Crippen LogP contribution is -2.20. The van der Waals surface area contributed by atoms with Crippen LogP contribution in [0.3, 0.4) is 0 Å². The highest BCUT2D eigenvalue weighted by Crippen LogP contribution is 2.25. The maximum Gasteiger partial charge on any atom is 0.243 e. The Hall–Kier alpha value is -0.850. The zero-order valence-corrected chi connectivity index (χ0v) is 8.79. The number of anilines is 1. The van der Waals surface area contributed by atoms with Crippen LogP contribution in [0.25, 0.3) is 0 Å². The van der Waals surface area contributed by atoms with Crippen LogP contribution in [0.5, 0.6) is 0 Å². The third kappa shape index (κ3) is 1.97. The summed E-state index contributed by atoms with van der Waals surface area (Å²) in [4.78, 5) is -0.551. The molecule has 0 aromatic heterocycles. The van der Waals surface area contributed by atoms with Crippen molar-refractivity contribution in [3.05, 3.63) is 23.0 Å². The van der Waals surface area contributed by atoms with Crippen LogP contribution in [0, 0.1) is 5.82 Å². The highest BCUT2D eigenvalue weighted by molar-refractivity contribution is 7.89. The van der Waals surface area contributed by atoms with Crippen molar-refractivity contribution in [2.75, 3.05) is 12.8 Å². The maximum atomic E-state index is 13.3. The third-order valence-corrected chi connectivity index (χ3v) is 3.26. The van der Waals surface area contributed by atoms with Gasteiger partial charge in [0.1, 0.15) is 4.90 Å². The lowest BCUT2D eigenvalue weighted by atomic mass is 10.3. The van der Waals surface area contributed by atoms with Crippen LogP contribution >= 0.6 is 11.6 Å². The van der Waals surface area contributed by atoms with E-state index in [2.05, 4.69) is 0 Å². The molecule has 0 unspecified atom stereocenters. The normalized spacial score (nSPS) is 11.6. The summed E-state index contributed by atoms with van der Waals surface area (Å²) in [7, 11) is -2.69. The van der Waals surface area contributed by atoms with E-state index in [0.717, 1.165) is 12.1 Å². The summed E-state index contributed by atoms with van der Waals surface area (Å²) in [6, 6.07) is 2.15. The summed E-state index contributed by atoms with van der Waals surface area (Å²) >= 11 is 5.43. The van der Waals surface area contributed by atoms with Gasteiger partial charge in [-0.1, -0.05) is 11.6 Å². The van der Waals surface area contributed by atoms with E-state index >= 15 is 0 Å². The predicted octanol–water partition coefficient (Wildman–Crippen LogP) is 0.969. The average Bonchev–Trinajstić information content (AvgIpc) is 2.11. The first kappa shape index (κ1) is 11.2. The number of nitrogens with one attached hydrogen (secondary N) is 1. The molecule has 0 aliphatic heterocycles. The summed E-state index contributed by atoms with van der Waals surface area (Å²) in [6.07, 6.45) is 0. The number of hydrogen-bond donors (Lipinski definition) is 2. The molecule has 4 nitrogen and oxygen atoms in total. The van der Waals surface area contributed by atoms with Gasteiger partial charge >= 0.3 is 0 Å². The molecule has 0 aliphatic rings. The van der Waals surface area contributed by atoms with E-state index in [4.69, 9.17) is 17.3 Å². The van der Waals surface area contributed by atoms with Gasteiger partial charge in [0.05, 0.1) is 5.02 Å². The van der Waals surface area contributed by atoms with Crippen molar-refractivity contribution in [2.45, 2.75) is 4.90 Å². The molecule has 1 aromatic rings. The van der Waals surface area contributed by atoms with Crippen LogP contribution in [0.15, 0.2) is 17.0 Å². The smallest absolute Gasteiger partial charge is 0.243 e. The predicted molar refractivity (Wildman–Crippen MR) is 52.1 cm³/mol. The molecule has 0 saturated carbocycles. The zero-order chi connectivity index (χ0) is 10.9. The maximum absolute atomic E-state index is 13.3. The number of rotatable bonds is 2. The standard InChI is InChI=1S/C7H8ClFN2O2S/c1-11-14(12,13)6-3-4(10)2-5(8)7(6)9/h2-3,11H,10H2,1H3. The Morgan fingerprint density at radius 2 is 2.07 bits per heavy atom. The van der Waals surface area contributed by atoms with Gasteiger partial charge in [0.2, 0.25) is 10.0 Å². The first-order valence-corrected chi connectivity index (χ1v) is 5.42. The van der Waals surface area contributed by atoms with E-state index in [-0.39, 0.29) is 10.7 Å². The fraction of sp³-hybridized carbons (Fsp3) is 0.143. The molecule has 0 fully saturated rings. The summed E-state index contributed by atoms with van der Waals surface area (Å²) in [6.45, 7) is 0. The van der Waals surface area contributed by atoms with Gasteiger partial charge in [-0.3, -0.25) is 0 Å². The van der Waals surface area contributed by atoms with Gasteiger partial charge < -0.3 is 5.73 Å². The minimum absolute atomic E-state index is 0.0882. The van der Waals surface area contributed by atoms with Gasteiger partial charge in [-0.2, -0.15) is 0 Å². The van der Waals surface area contributed by atoms with Crippen LogP contribution in [0.1, 0.15) is 0 Å². The van der Waals surface area contributed by atoms with Gasteiger partial charge in [0.15, 0.2) is 5.82 Å². The molecule has 0 spiro atoms. The Kier molecular flexibility index (Phi) is 2.98. The first-order valence-electron chi connectivity index (χ1n) is 3.56. The second-order valence-electron chi connectivity index (χ2n) is 2.52. The quantitative estimate of drug-likeness (QED) is 0.754. The molecule has 0 amide bonds. The molecular weight excluding hydrogens is 231 g/mol. The second kappa shape index (κ2) is 3.72. The van der Waals surface area contributed by atoms with Crippen LogP contribution in [0.2, 0.25) is 5.02 Å². The van der Waals surface area contributed by atoms with Crippen LogP contribution in [-0.2, 0) is 10.0 Å². The van der Waals surface area contributed by atoms with E-state index in [1.165, 1.54) is 7.05 Å².